The molecule has 2 unspecified atom stereocenters. The molecule has 6 heteroatoms. The third kappa shape index (κ3) is 42.3. The van der Waals surface area contributed by atoms with Crippen LogP contribution in [0.1, 0.15) is 279 Å². The molecule has 57 heavy (non-hydrogen) atoms. The summed E-state index contributed by atoms with van der Waals surface area (Å²) in [6.07, 6.45) is 43.7. The van der Waals surface area contributed by atoms with Gasteiger partial charge in [0.25, 0.3) is 0 Å². The number of ether oxygens (including phenoxy) is 3. The third-order valence-corrected chi connectivity index (χ3v) is 12.2. The first-order valence-electron chi connectivity index (χ1n) is 25.3. The number of hydrogen-bond acceptors (Lipinski definition) is 6. The largest absolute Gasteiger partial charge is 0.462 e. The van der Waals surface area contributed by atoms with E-state index in [2.05, 4.69) is 34.6 Å². The molecule has 0 aliphatic heterocycles. The van der Waals surface area contributed by atoms with Crippen LogP contribution >= 0.6 is 0 Å². The van der Waals surface area contributed by atoms with Crippen molar-refractivity contribution in [3.05, 3.63) is 0 Å². The topological polar surface area (TPSA) is 78.9 Å². The van der Waals surface area contributed by atoms with E-state index in [-0.39, 0.29) is 31.1 Å². The summed E-state index contributed by atoms with van der Waals surface area (Å²) in [7, 11) is 0. The molecular weight excluding hydrogens is 709 g/mol. The van der Waals surface area contributed by atoms with Gasteiger partial charge in [0, 0.05) is 19.3 Å². The molecule has 0 aliphatic rings. The Kier molecular flexibility index (Phi) is 42.7. The minimum absolute atomic E-state index is 0.0650. The standard InChI is InChI=1S/C51H98O6/c1-6-9-10-11-12-13-14-15-16-17-18-19-20-21-25-31-36-41-49(52)55-44-48(45-56-50(53)42-37-32-28-27-30-35-40-47(5)8-3)57-51(54)43-38-33-26-23-22-24-29-34-39-46(4)7-2/h46-48H,6-45H2,1-5H3/t46?,47?,48-/m0/s1. The van der Waals surface area contributed by atoms with Crippen molar-refractivity contribution in [3.63, 3.8) is 0 Å². The molecule has 0 spiro atoms. The predicted octanol–water partition coefficient (Wildman–Crippen LogP) is 16.1. The van der Waals surface area contributed by atoms with E-state index >= 15 is 0 Å². The highest BCUT2D eigenvalue weighted by Gasteiger charge is 2.19. The maximum atomic E-state index is 12.7. The van der Waals surface area contributed by atoms with E-state index in [0.717, 1.165) is 69.6 Å². The summed E-state index contributed by atoms with van der Waals surface area (Å²) in [6.45, 7) is 11.3. The molecule has 0 bridgehead atoms. The fourth-order valence-electron chi connectivity index (χ4n) is 7.57. The van der Waals surface area contributed by atoms with Gasteiger partial charge in [-0.2, -0.15) is 0 Å². The van der Waals surface area contributed by atoms with Gasteiger partial charge in [-0.05, 0) is 31.1 Å². The second-order valence-electron chi connectivity index (χ2n) is 17.9. The van der Waals surface area contributed by atoms with Gasteiger partial charge in [-0.3, -0.25) is 14.4 Å². The molecule has 0 aliphatic carbocycles. The summed E-state index contributed by atoms with van der Waals surface area (Å²) >= 11 is 0. The molecule has 338 valence electrons. The zero-order chi connectivity index (χ0) is 41.9. The molecule has 0 radical (unpaired) electrons. The van der Waals surface area contributed by atoms with E-state index < -0.39 is 6.10 Å². The van der Waals surface area contributed by atoms with Crippen molar-refractivity contribution in [2.24, 2.45) is 11.8 Å². The molecular formula is C51H98O6. The maximum absolute atomic E-state index is 12.7. The number of rotatable bonds is 45. The molecule has 0 aromatic rings. The molecule has 0 heterocycles. The fraction of sp³-hybridized carbons (Fsp3) is 0.941. The highest BCUT2D eigenvalue weighted by Crippen LogP contribution is 2.18. The van der Waals surface area contributed by atoms with Crippen LogP contribution in [0.25, 0.3) is 0 Å². The molecule has 0 saturated heterocycles. The Balaban J connectivity index is 4.29. The van der Waals surface area contributed by atoms with Gasteiger partial charge < -0.3 is 14.2 Å². The zero-order valence-corrected chi connectivity index (χ0v) is 39.0. The maximum Gasteiger partial charge on any atom is 0.306 e. The van der Waals surface area contributed by atoms with Gasteiger partial charge in [-0.25, -0.2) is 0 Å². The van der Waals surface area contributed by atoms with E-state index in [1.54, 1.807) is 0 Å². The lowest BCUT2D eigenvalue weighted by atomic mass is 9.99. The number of carbonyl (C=O) groups is 3. The fourth-order valence-corrected chi connectivity index (χ4v) is 7.57. The van der Waals surface area contributed by atoms with Crippen LogP contribution in [0.15, 0.2) is 0 Å². The second kappa shape index (κ2) is 44.0. The Morgan fingerprint density at radius 2 is 0.614 bits per heavy atom. The van der Waals surface area contributed by atoms with E-state index in [1.807, 2.05) is 0 Å². The highest BCUT2D eigenvalue weighted by molar-refractivity contribution is 5.71. The number of hydrogen-bond donors (Lipinski definition) is 0. The molecule has 0 amide bonds. The highest BCUT2D eigenvalue weighted by atomic mass is 16.6. The lowest BCUT2D eigenvalue weighted by molar-refractivity contribution is -0.167. The van der Waals surface area contributed by atoms with Crippen molar-refractivity contribution >= 4 is 17.9 Å². The van der Waals surface area contributed by atoms with E-state index in [1.165, 1.54) is 167 Å². The van der Waals surface area contributed by atoms with Crippen molar-refractivity contribution in [3.8, 4) is 0 Å². The molecule has 0 aromatic heterocycles. The van der Waals surface area contributed by atoms with E-state index in [4.69, 9.17) is 14.2 Å². The summed E-state index contributed by atoms with van der Waals surface area (Å²) in [6, 6.07) is 0. The van der Waals surface area contributed by atoms with Crippen molar-refractivity contribution in [1.29, 1.82) is 0 Å². The van der Waals surface area contributed by atoms with Gasteiger partial charge in [0.2, 0.25) is 0 Å². The van der Waals surface area contributed by atoms with Gasteiger partial charge in [-0.1, -0.05) is 240 Å². The van der Waals surface area contributed by atoms with Crippen LogP contribution in [0.5, 0.6) is 0 Å². The number of unbranched alkanes of at least 4 members (excludes halogenated alkanes) is 28. The second-order valence-corrected chi connectivity index (χ2v) is 17.9. The lowest BCUT2D eigenvalue weighted by Gasteiger charge is -2.18. The SMILES string of the molecule is CCCCCCCCCCCCCCCCCCCC(=O)OC[C@@H](COC(=O)CCCCCCCCC(C)CC)OC(=O)CCCCCCCCCCC(C)CC. The molecule has 0 fully saturated rings. The van der Waals surface area contributed by atoms with Crippen molar-refractivity contribution < 1.29 is 28.6 Å². The van der Waals surface area contributed by atoms with Crippen LogP contribution in [-0.2, 0) is 28.6 Å². The van der Waals surface area contributed by atoms with Gasteiger partial charge in [0.05, 0.1) is 0 Å². The van der Waals surface area contributed by atoms with Crippen molar-refractivity contribution in [2.75, 3.05) is 13.2 Å². The van der Waals surface area contributed by atoms with Crippen LogP contribution in [0.3, 0.4) is 0 Å². The zero-order valence-electron chi connectivity index (χ0n) is 39.0. The normalized spacial score (nSPS) is 13.0. The quantitative estimate of drug-likeness (QED) is 0.0346. The summed E-state index contributed by atoms with van der Waals surface area (Å²) in [5, 5.41) is 0. The Morgan fingerprint density at radius 3 is 0.912 bits per heavy atom. The van der Waals surface area contributed by atoms with E-state index in [0.29, 0.717) is 19.3 Å². The number of esters is 3. The average molecular weight is 807 g/mol. The molecule has 0 aromatic carbocycles. The predicted molar refractivity (Wildman–Crippen MR) is 243 cm³/mol. The van der Waals surface area contributed by atoms with Crippen LogP contribution in [0, 0.1) is 11.8 Å². The summed E-state index contributed by atoms with van der Waals surface area (Å²) in [5.74, 6) is 0.804. The van der Waals surface area contributed by atoms with Crippen LogP contribution in [0.2, 0.25) is 0 Å². The monoisotopic (exact) mass is 807 g/mol. The first kappa shape index (κ1) is 55.4. The van der Waals surface area contributed by atoms with Gasteiger partial charge in [0.1, 0.15) is 13.2 Å². The van der Waals surface area contributed by atoms with Crippen LogP contribution in [-0.4, -0.2) is 37.2 Å². The minimum atomic E-state index is -0.762. The third-order valence-electron chi connectivity index (χ3n) is 12.2. The summed E-state index contributed by atoms with van der Waals surface area (Å²) < 4.78 is 16.8. The average Bonchev–Trinajstić information content (AvgIpc) is 3.21. The first-order valence-corrected chi connectivity index (χ1v) is 25.3. The molecule has 3 atom stereocenters. The van der Waals surface area contributed by atoms with Crippen LogP contribution < -0.4 is 0 Å². The van der Waals surface area contributed by atoms with Gasteiger partial charge in [0.15, 0.2) is 6.10 Å². The van der Waals surface area contributed by atoms with Gasteiger partial charge >= 0.3 is 17.9 Å². The van der Waals surface area contributed by atoms with Crippen LogP contribution in [0.4, 0.5) is 0 Å². The Morgan fingerprint density at radius 1 is 0.351 bits per heavy atom. The smallest absolute Gasteiger partial charge is 0.306 e. The lowest BCUT2D eigenvalue weighted by Crippen LogP contribution is -2.30. The minimum Gasteiger partial charge on any atom is -0.462 e. The summed E-state index contributed by atoms with van der Waals surface area (Å²) in [5.41, 5.74) is 0. The summed E-state index contributed by atoms with van der Waals surface area (Å²) in [4.78, 5) is 37.9. The Labute approximate surface area is 355 Å². The van der Waals surface area contributed by atoms with E-state index in [9.17, 15) is 14.4 Å². The number of carbonyl (C=O) groups excluding carboxylic acids is 3. The molecule has 0 N–H and O–H groups in total. The van der Waals surface area contributed by atoms with Crippen molar-refractivity contribution in [2.45, 2.75) is 285 Å². The van der Waals surface area contributed by atoms with Crippen molar-refractivity contribution in [1.82, 2.24) is 0 Å². The van der Waals surface area contributed by atoms with Gasteiger partial charge in [-0.15, -0.1) is 0 Å². The Bertz CT molecular complexity index is 874. The molecule has 0 saturated carbocycles. The first-order chi connectivity index (χ1) is 27.8. The molecule has 6 nitrogen and oxygen atoms in total. The Hall–Kier alpha value is -1.59. The molecule has 0 rings (SSSR count).